The summed E-state index contributed by atoms with van der Waals surface area (Å²) < 4.78 is 12.8. The summed E-state index contributed by atoms with van der Waals surface area (Å²) in [6.45, 7) is 0. The van der Waals surface area contributed by atoms with Crippen LogP contribution in [0.2, 0.25) is 0 Å². The second-order valence-electron chi connectivity index (χ2n) is 3.95. The Morgan fingerprint density at radius 3 is 2.75 bits per heavy atom. The summed E-state index contributed by atoms with van der Waals surface area (Å²) in [4.78, 5) is 12.6. The molecule has 1 aromatic heterocycles. The van der Waals surface area contributed by atoms with Gasteiger partial charge in [-0.1, -0.05) is 12.8 Å². The summed E-state index contributed by atoms with van der Waals surface area (Å²) in [6, 6.07) is 1.86. The molecule has 1 aromatic rings. The molecule has 0 radical (unpaired) electrons. The van der Waals surface area contributed by atoms with Crippen LogP contribution in [0.4, 0.5) is 0 Å². The maximum atomic E-state index is 11.9. The summed E-state index contributed by atoms with van der Waals surface area (Å²) in [5.74, 6) is 0.191. The molecule has 2 nitrogen and oxygen atoms in total. The fraction of sp³-hybridized carbons (Fsp3) is 0.545. The minimum absolute atomic E-state index is 0.00658. The van der Waals surface area contributed by atoms with E-state index in [-0.39, 0.29) is 16.8 Å². The lowest BCUT2D eigenvalue weighted by Gasteiger charge is -2.07. The highest BCUT2D eigenvalue weighted by molar-refractivity contribution is 9.10. The van der Waals surface area contributed by atoms with Crippen molar-refractivity contribution in [3.8, 4) is 0 Å². The van der Waals surface area contributed by atoms with E-state index < -0.39 is 10.8 Å². The standard InChI is InChI=1S/C11H13BrO2S2/c12-9-5-6-15-11(9)10(13)7-16(14)8-3-1-2-4-8/h5-6,8H,1-4,7H2. The van der Waals surface area contributed by atoms with Crippen molar-refractivity contribution in [2.75, 3.05) is 5.75 Å². The molecule has 0 spiro atoms. The second-order valence-corrected chi connectivity index (χ2v) is 7.44. The van der Waals surface area contributed by atoms with Crippen molar-refractivity contribution in [2.45, 2.75) is 30.9 Å². The molecule has 88 valence electrons. The first kappa shape index (κ1) is 12.5. The van der Waals surface area contributed by atoms with E-state index in [0.29, 0.717) is 4.88 Å². The smallest absolute Gasteiger partial charge is 0.186 e. The molecular formula is C11H13BrO2S2. The Bertz CT molecular complexity index is 408. The van der Waals surface area contributed by atoms with E-state index in [1.807, 2.05) is 11.4 Å². The molecule has 0 N–H and O–H groups in total. The number of Topliss-reactive ketones (excluding diaryl/α,β-unsaturated/α-hetero) is 1. The van der Waals surface area contributed by atoms with E-state index >= 15 is 0 Å². The lowest BCUT2D eigenvalue weighted by Crippen LogP contribution is -2.19. The van der Waals surface area contributed by atoms with Crippen LogP contribution in [-0.4, -0.2) is 21.0 Å². The molecule has 0 amide bonds. The Labute approximate surface area is 110 Å². The molecule has 1 fully saturated rings. The van der Waals surface area contributed by atoms with E-state index in [4.69, 9.17) is 0 Å². The number of carbonyl (C=O) groups excluding carboxylic acids is 1. The van der Waals surface area contributed by atoms with Crippen LogP contribution in [0.5, 0.6) is 0 Å². The summed E-state index contributed by atoms with van der Waals surface area (Å²) >= 11 is 4.74. The average molecular weight is 321 g/mol. The molecule has 2 rings (SSSR count). The number of hydrogen-bond acceptors (Lipinski definition) is 3. The van der Waals surface area contributed by atoms with Gasteiger partial charge in [0.15, 0.2) is 5.78 Å². The van der Waals surface area contributed by atoms with Crippen LogP contribution in [0.25, 0.3) is 0 Å². The van der Waals surface area contributed by atoms with Gasteiger partial charge in [0.2, 0.25) is 0 Å². The third-order valence-corrected chi connectivity index (χ3v) is 6.46. The average Bonchev–Trinajstić information content (AvgIpc) is 2.86. The highest BCUT2D eigenvalue weighted by atomic mass is 79.9. The number of hydrogen-bond donors (Lipinski definition) is 0. The van der Waals surface area contributed by atoms with E-state index in [1.54, 1.807) is 0 Å². The van der Waals surface area contributed by atoms with Gasteiger partial charge in [0, 0.05) is 20.5 Å². The van der Waals surface area contributed by atoms with Crippen molar-refractivity contribution in [1.29, 1.82) is 0 Å². The van der Waals surface area contributed by atoms with Crippen molar-refractivity contribution in [3.63, 3.8) is 0 Å². The second kappa shape index (κ2) is 5.56. The fourth-order valence-corrected chi connectivity index (χ4v) is 5.08. The monoisotopic (exact) mass is 320 g/mol. The van der Waals surface area contributed by atoms with Gasteiger partial charge in [0.05, 0.1) is 10.6 Å². The highest BCUT2D eigenvalue weighted by Crippen LogP contribution is 2.26. The van der Waals surface area contributed by atoms with E-state index in [1.165, 1.54) is 11.3 Å². The van der Waals surface area contributed by atoms with Gasteiger partial charge in [-0.3, -0.25) is 9.00 Å². The first-order valence-corrected chi connectivity index (χ1v) is 8.37. The lowest BCUT2D eigenvalue weighted by molar-refractivity contribution is 0.102. The third kappa shape index (κ3) is 2.81. The molecule has 1 saturated carbocycles. The Balaban J connectivity index is 1.97. The van der Waals surface area contributed by atoms with Gasteiger partial charge in [-0.25, -0.2) is 0 Å². The maximum Gasteiger partial charge on any atom is 0.186 e. The Morgan fingerprint density at radius 2 is 2.19 bits per heavy atom. The van der Waals surface area contributed by atoms with Gasteiger partial charge < -0.3 is 0 Å². The minimum atomic E-state index is -0.982. The normalized spacial score (nSPS) is 18.8. The zero-order chi connectivity index (χ0) is 11.5. The lowest BCUT2D eigenvalue weighted by atomic mass is 10.3. The number of rotatable bonds is 4. The van der Waals surface area contributed by atoms with Crippen molar-refractivity contribution >= 4 is 43.8 Å². The number of ketones is 1. The largest absolute Gasteiger partial charge is 0.292 e. The number of carbonyl (C=O) groups is 1. The van der Waals surface area contributed by atoms with Gasteiger partial charge in [0.25, 0.3) is 0 Å². The minimum Gasteiger partial charge on any atom is -0.292 e. The molecule has 1 aliphatic carbocycles. The molecule has 5 heteroatoms. The molecule has 0 saturated heterocycles. The van der Waals surface area contributed by atoms with Crippen molar-refractivity contribution in [3.05, 3.63) is 20.8 Å². The molecule has 1 unspecified atom stereocenters. The van der Waals surface area contributed by atoms with Crippen LogP contribution in [-0.2, 0) is 10.8 Å². The van der Waals surface area contributed by atoms with Crippen LogP contribution < -0.4 is 0 Å². The van der Waals surface area contributed by atoms with Gasteiger partial charge in [-0.15, -0.1) is 11.3 Å². The zero-order valence-electron chi connectivity index (χ0n) is 8.78. The first-order valence-electron chi connectivity index (χ1n) is 5.32. The maximum absolute atomic E-state index is 11.9. The van der Waals surface area contributed by atoms with Crippen LogP contribution in [0.3, 0.4) is 0 Å². The topological polar surface area (TPSA) is 34.1 Å². The predicted octanol–water partition coefficient (Wildman–Crippen LogP) is 3.38. The van der Waals surface area contributed by atoms with Crippen LogP contribution >= 0.6 is 27.3 Å². The van der Waals surface area contributed by atoms with Crippen molar-refractivity contribution in [1.82, 2.24) is 0 Å². The van der Waals surface area contributed by atoms with Crippen LogP contribution in [0, 0.1) is 0 Å². The fourth-order valence-electron chi connectivity index (χ4n) is 1.96. The number of halogens is 1. The van der Waals surface area contributed by atoms with Gasteiger partial charge in [-0.2, -0.15) is 0 Å². The first-order chi connectivity index (χ1) is 7.68. The Kier molecular flexibility index (Phi) is 4.33. The van der Waals surface area contributed by atoms with E-state index in [2.05, 4.69) is 15.9 Å². The van der Waals surface area contributed by atoms with Crippen LogP contribution in [0.15, 0.2) is 15.9 Å². The summed E-state index contributed by atoms with van der Waals surface area (Å²) in [6.07, 6.45) is 4.36. The SMILES string of the molecule is O=C(CS(=O)C1CCCC1)c1sccc1Br. The molecule has 0 aromatic carbocycles. The predicted molar refractivity (Wildman–Crippen MR) is 71.6 cm³/mol. The van der Waals surface area contributed by atoms with Crippen LogP contribution in [0.1, 0.15) is 35.4 Å². The molecule has 0 bridgehead atoms. The van der Waals surface area contributed by atoms with Crippen molar-refractivity contribution < 1.29 is 9.00 Å². The summed E-state index contributed by atoms with van der Waals surface area (Å²) in [5.41, 5.74) is 0. The molecule has 0 aliphatic heterocycles. The Morgan fingerprint density at radius 1 is 1.50 bits per heavy atom. The summed E-state index contributed by atoms with van der Waals surface area (Å²) in [7, 11) is -0.982. The molecule has 1 heterocycles. The third-order valence-electron chi connectivity index (χ3n) is 2.82. The van der Waals surface area contributed by atoms with Gasteiger partial charge >= 0.3 is 0 Å². The van der Waals surface area contributed by atoms with Gasteiger partial charge in [-0.05, 0) is 40.2 Å². The van der Waals surface area contributed by atoms with E-state index in [0.717, 1.165) is 30.2 Å². The molecular weight excluding hydrogens is 308 g/mol. The summed E-state index contributed by atoms with van der Waals surface area (Å²) in [5, 5.41) is 2.12. The van der Waals surface area contributed by atoms with Crippen molar-refractivity contribution in [2.24, 2.45) is 0 Å². The van der Waals surface area contributed by atoms with E-state index in [9.17, 15) is 9.00 Å². The molecule has 16 heavy (non-hydrogen) atoms. The Hall–Kier alpha value is -0.000000000000000111. The number of thiophene rings is 1. The van der Waals surface area contributed by atoms with Gasteiger partial charge in [0.1, 0.15) is 0 Å². The highest BCUT2D eigenvalue weighted by Gasteiger charge is 2.24. The quantitative estimate of drug-likeness (QED) is 0.797. The zero-order valence-corrected chi connectivity index (χ0v) is 12.0. The molecule has 1 aliphatic rings. The molecule has 1 atom stereocenters.